The van der Waals surface area contributed by atoms with E-state index in [-0.39, 0.29) is 11.6 Å². The summed E-state index contributed by atoms with van der Waals surface area (Å²) in [5, 5.41) is 0. The molecule has 1 aliphatic carbocycles. The minimum absolute atomic E-state index is 0.0543. The van der Waals surface area contributed by atoms with Gasteiger partial charge in [0.15, 0.2) is 0 Å². The highest BCUT2D eigenvalue weighted by molar-refractivity contribution is 7.12. The van der Waals surface area contributed by atoms with Crippen LogP contribution >= 0.6 is 11.3 Å². The lowest BCUT2D eigenvalue weighted by molar-refractivity contribution is -0.149. The maximum atomic E-state index is 6.64. The third-order valence-electron chi connectivity index (χ3n) is 5.54. The van der Waals surface area contributed by atoms with Gasteiger partial charge in [0.2, 0.25) is 0 Å². The second-order valence-corrected chi connectivity index (χ2v) is 8.04. The average Bonchev–Trinajstić information content (AvgIpc) is 3.08. The Labute approximate surface area is 130 Å². The van der Waals surface area contributed by atoms with E-state index in [2.05, 4.69) is 6.07 Å². The molecule has 21 heavy (non-hydrogen) atoms. The summed E-state index contributed by atoms with van der Waals surface area (Å²) in [6, 6.07) is 2.59. The van der Waals surface area contributed by atoms with Crippen LogP contribution in [0.2, 0.25) is 0 Å². The van der Waals surface area contributed by atoms with E-state index in [0.717, 1.165) is 45.5 Å². The topological polar surface area (TPSA) is 44.5 Å². The predicted octanol–water partition coefficient (Wildman–Crippen LogP) is 3.21. The van der Waals surface area contributed by atoms with Crippen molar-refractivity contribution in [3.63, 3.8) is 0 Å². The van der Waals surface area contributed by atoms with Gasteiger partial charge in [-0.2, -0.15) is 0 Å². The molecule has 1 aromatic heterocycles. The number of hydrogen-bond acceptors (Lipinski definition) is 4. The zero-order valence-corrected chi connectivity index (χ0v) is 13.4. The largest absolute Gasteiger partial charge is 0.381 e. The van der Waals surface area contributed by atoms with E-state index in [4.69, 9.17) is 15.2 Å². The molecule has 0 aromatic carbocycles. The van der Waals surface area contributed by atoms with Gasteiger partial charge in [-0.1, -0.05) is 0 Å². The molecule has 3 aliphatic rings. The summed E-state index contributed by atoms with van der Waals surface area (Å²) < 4.78 is 11.7. The Morgan fingerprint density at radius 2 is 2.10 bits per heavy atom. The number of hydrogen-bond donors (Lipinski definition) is 1. The Balaban J connectivity index is 1.49. The van der Waals surface area contributed by atoms with Gasteiger partial charge >= 0.3 is 0 Å². The SMILES string of the molecule is NC(c1cc2c(s1)CCC2)C1CCOC2(CCOCC2)C1. The first-order valence-electron chi connectivity index (χ1n) is 8.35. The molecule has 2 aliphatic heterocycles. The molecule has 3 heterocycles. The number of ether oxygens (including phenoxy) is 2. The Morgan fingerprint density at radius 1 is 1.24 bits per heavy atom. The summed E-state index contributed by atoms with van der Waals surface area (Å²) in [7, 11) is 0. The van der Waals surface area contributed by atoms with Crippen LogP contribution in [0.1, 0.15) is 53.5 Å². The van der Waals surface area contributed by atoms with E-state index in [1.165, 1.54) is 24.1 Å². The summed E-state index contributed by atoms with van der Waals surface area (Å²) in [4.78, 5) is 3.00. The third-order valence-corrected chi connectivity index (χ3v) is 6.88. The standard InChI is InChI=1S/C17H25NO2S/c18-16(15-10-12-2-1-3-14(12)21-15)13-4-7-20-17(11-13)5-8-19-9-6-17/h10,13,16H,1-9,11,18H2. The van der Waals surface area contributed by atoms with Crippen LogP contribution in [0.3, 0.4) is 0 Å². The smallest absolute Gasteiger partial charge is 0.0729 e. The molecule has 116 valence electrons. The fraction of sp³-hybridized carbons (Fsp3) is 0.765. The molecule has 2 N–H and O–H groups in total. The Kier molecular flexibility index (Phi) is 3.82. The molecule has 0 amide bonds. The quantitative estimate of drug-likeness (QED) is 0.912. The molecular weight excluding hydrogens is 282 g/mol. The Bertz CT molecular complexity index is 480. The first kappa shape index (κ1) is 14.2. The second kappa shape index (κ2) is 5.65. The highest BCUT2D eigenvalue weighted by atomic mass is 32.1. The summed E-state index contributed by atoms with van der Waals surface area (Å²) in [5.41, 5.74) is 8.27. The summed E-state index contributed by atoms with van der Waals surface area (Å²) in [6.07, 6.45) is 8.15. The van der Waals surface area contributed by atoms with Gasteiger partial charge in [0, 0.05) is 35.6 Å². The molecule has 3 nitrogen and oxygen atoms in total. The summed E-state index contributed by atoms with van der Waals surface area (Å²) >= 11 is 1.97. The van der Waals surface area contributed by atoms with Gasteiger partial charge in [0.1, 0.15) is 0 Å². The maximum absolute atomic E-state index is 6.64. The van der Waals surface area contributed by atoms with Gasteiger partial charge in [0.05, 0.1) is 5.60 Å². The number of rotatable bonds is 2. The molecule has 4 rings (SSSR count). The van der Waals surface area contributed by atoms with Crippen molar-refractivity contribution in [3.05, 3.63) is 21.4 Å². The van der Waals surface area contributed by atoms with Crippen LogP contribution < -0.4 is 5.73 Å². The first-order chi connectivity index (χ1) is 10.3. The lowest BCUT2D eigenvalue weighted by Gasteiger charge is -2.44. The van der Waals surface area contributed by atoms with Gasteiger partial charge < -0.3 is 15.2 Å². The Morgan fingerprint density at radius 3 is 2.90 bits per heavy atom. The maximum Gasteiger partial charge on any atom is 0.0729 e. The van der Waals surface area contributed by atoms with Gasteiger partial charge in [0.25, 0.3) is 0 Å². The average molecular weight is 307 g/mol. The van der Waals surface area contributed by atoms with Crippen LogP contribution in [0.15, 0.2) is 6.07 Å². The minimum atomic E-state index is 0.0543. The normalized spacial score (nSPS) is 29.5. The van der Waals surface area contributed by atoms with E-state index in [1.54, 1.807) is 10.4 Å². The van der Waals surface area contributed by atoms with E-state index < -0.39 is 0 Å². The summed E-state index contributed by atoms with van der Waals surface area (Å²) in [5.74, 6) is 0.565. The zero-order valence-electron chi connectivity index (χ0n) is 12.6. The molecule has 4 heteroatoms. The van der Waals surface area contributed by atoms with Crippen LogP contribution in [0.4, 0.5) is 0 Å². The predicted molar refractivity (Wildman–Crippen MR) is 84.7 cm³/mol. The number of thiophene rings is 1. The van der Waals surface area contributed by atoms with E-state index in [0.29, 0.717) is 5.92 Å². The zero-order chi connectivity index (χ0) is 14.3. The number of fused-ring (bicyclic) bond motifs is 1. The van der Waals surface area contributed by atoms with Crippen LogP contribution in [0.5, 0.6) is 0 Å². The van der Waals surface area contributed by atoms with Gasteiger partial charge in [-0.05, 0) is 62.5 Å². The monoisotopic (exact) mass is 307 g/mol. The van der Waals surface area contributed by atoms with Gasteiger partial charge in [-0.15, -0.1) is 11.3 Å². The number of aryl methyl sites for hydroxylation is 2. The van der Waals surface area contributed by atoms with Crippen LogP contribution in [0.25, 0.3) is 0 Å². The highest BCUT2D eigenvalue weighted by Crippen LogP contribution is 2.43. The first-order valence-corrected chi connectivity index (χ1v) is 9.16. The van der Waals surface area contributed by atoms with E-state index >= 15 is 0 Å². The lowest BCUT2D eigenvalue weighted by atomic mass is 9.77. The second-order valence-electron chi connectivity index (χ2n) is 6.87. The fourth-order valence-corrected chi connectivity index (χ4v) is 5.57. The van der Waals surface area contributed by atoms with Crippen molar-refractivity contribution in [3.8, 4) is 0 Å². The highest BCUT2D eigenvalue weighted by Gasteiger charge is 2.41. The van der Waals surface area contributed by atoms with E-state index in [9.17, 15) is 0 Å². The van der Waals surface area contributed by atoms with Gasteiger partial charge in [-0.25, -0.2) is 0 Å². The van der Waals surface area contributed by atoms with Crippen molar-refractivity contribution >= 4 is 11.3 Å². The van der Waals surface area contributed by atoms with Crippen molar-refractivity contribution in [1.29, 1.82) is 0 Å². The molecule has 0 radical (unpaired) electrons. The molecule has 2 atom stereocenters. The van der Waals surface area contributed by atoms with Crippen LogP contribution in [0, 0.1) is 5.92 Å². The molecular formula is C17H25NO2S. The van der Waals surface area contributed by atoms with Crippen molar-refractivity contribution in [2.75, 3.05) is 19.8 Å². The van der Waals surface area contributed by atoms with Crippen molar-refractivity contribution in [2.45, 2.75) is 56.6 Å². The third kappa shape index (κ3) is 2.67. The number of nitrogens with two attached hydrogens (primary N) is 1. The van der Waals surface area contributed by atoms with Gasteiger partial charge in [-0.3, -0.25) is 0 Å². The Hall–Kier alpha value is -0.420. The van der Waals surface area contributed by atoms with Crippen LogP contribution in [-0.4, -0.2) is 25.4 Å². The molecule has 2 saturated heterocycles. The molecule has 0 saturated carbocycles. The molecule has 1 spiro atoms. The summed E-state index contributed by atoms with van der Waals surface area (Å²) in [6.45, 7) is 2.55. The van der Waals surface area contributed by atoms with Crippen molar-refractivity contribution < 1.29 is 9.47 Å². The molecule has 1 aromatic rings. The van der Waals surface area contributed by atoms with E-state index in [1.807, 2.05) is 11.3 Å². The minimum Gasteiger partial charge on any atom is -0.381 e. The molecule has 0 bridgehead atoms. The molecule has 2 unspecified atom stereocenters. The van der Waals surface area contributed by atoms with Crippen molar-refractivity contribution in [1.82, 2.24) is 0 Å². The van der Waals surface area contributed by atoms with Crippen LogP contribution in [-0.2, 0) is 22.3 Å². The molecule has 2 fully saturated rings. The van der Waals surface area contributed by atoms with Crippen molar-refractivity contribution in [2.24, 2.45) is 11.7 Å². The fourth-order valence-electron chi connectivity index (χ4n) is 4.21. The lowest BCUT2D eigenvalue weighted by Crippen LogP contribution is -2.46.